The molecule has 35 heavy (non-hydrogen) atoms. The van der Waals surface area contributed by atoms with Crippen LogP contribution in [-0.2, 0) is 13.1 Å². The van der Waals surface area contributed by atoms with E-state index in [9.17, 15) is 5.11 Å². The molecular formula is C27H27N5O3. The highest BCUT2D eigenvalue weighted by Crippen LogP contribution is 2.34. The van der Waals surface area contributed by atoms with E-state index in [1.54, 1.807) is 19.2 Å². The minimum atomic E-state index is -0.808. The molecule has 0 spiro atoms. The molecule has 0 bridgehead atoms. The van der Waals surface area contributed by atoms with E-state index in [-0.39, 0.29) is 6.04 Å². The van der Waals surface area contributed by atoms with Crippen molar-refractivity contribution >= 4 is 16.7 Å². The second-order valence-corrected chi connectivity index (χ2v) is 8.99. The second kappa shape index (κ2) is 8.41. The molecule has 178 valence electrons. The van der Waals surface area contributed by atoms with E-state index in [4.69, 9.17) is 14.5 Å². The quantitative estimate of drug-likeness (QED) is 0.413. The number of methoxy groups -OCH3 is 2. The first-order valence-corrected chi connectivity index (χ1v) is 11.6. The number of hydrazone groups is 1. The van der Waals surface area contributed by atoms with Gasteiger partial charge in [-0.25, -0.2) is 4.98 Å². The Morgan fingerprint density at radius 2 is 1.54 bits per heavy atom. The fourth-order valence-corrected chi connectivity index (χ4v) is 4.97. The summed E-state index contributed by atoms with van der Waals surface area (Å²) < 4.78 is 10.8. The first-order valence-electron chi connectivity index (χ1n) is 11.6. The van der Waals surface area contributed by atoms with E-state index in [2.05, 4.69) is 27.5 Å². The Balaban J connectivity index is 1.27. The number of ether oxygens (including phenoxy) is 2. The summed E-state index contributed by atoms with van der Waals surface area (Å²) in [5.74, 6) is 2.18. The number of nitrogens with one attached hydrogen (secondary N) is 2. The first-order chi connectivity index (χ1) is 17.0. The van der Waals surface area contributed by atoms with Gasteiger partial charge in [0.2, 0.25) is 0 Å². The van der Waals surface area contributed by atoms with Gasteiger partial charge in [-0.3, -0.25) is 5.01 Å². The summed E-state index contributed by atoms with van der Waals surface area (Å²) in [5, 5.41) is 21.1. The van der Waals surface area contributed by atoms with Crippen LogP contribution in [0.4, 0.5) is 0 Å². The SMILES string of the molecule is COc1cc(OC)cc(-c2ccc(C3=NN(C)C(c4nc5cc6c(cc5[nH]4)CNC6)C3O)cc2)c1. The number of H-pyrrole nitrogens is 1. The highest BCUT2D eigenvalue weighted by atomic mass is 16.5. The second-order valence-electron chi connectivity index (χ2n) is 8.99. The Kier molecular flexibility index (Phi) is 5.20. The van der Waals surface area contributed by atoms with Crippen LogP contribution in [0.1, 0.15) is 28.6 Å². The summed E-state index contributed by atoms with van der Waals surface area (Å²) in [6, 6.07) is 17.7. The molecular weight excluding hydrogens is 442 g/mol. The molecule has 6 rings (SSSR count). The van der Waals surface area contributed by atoms with Gasteiger partial charge in [-0.05, 0) is 46.5 Å². The van der Waals surface area contributed by atoms with Crippen molar-refractivity contribution in [2.24, 2.45) is 5.10 Å². The number of nitrogens with zero attached hydrogens (tertiary/aromatic N) is 3. The van der Waals surface area contributed by atoms with Gasteiger partial charge in [-0.2, -0.15) is 5.10 Å². The topological polar surface area (TPSA) is 95.0 Å². The Morgan fingerprint density at radius 3 is 2.23 bits per heavy atom. The maximum absolute atomic E-state index is 11.3. The lowest BCUT2D eigenvalue weighted by Crippen LogP contribution is -2.29. The number of hydrogen-bond donors (Lipinski definition) is 3. The lowest BCUT2D eigenvalue weighted by Gasteiger charge is -2.19. The molecule has 4 aromatic rings. The van der Waals surface area contributed by atoms with Crippen molar-refractivity contribution in [3.8, 4) is 22.6 Å². The average Bonchev–Trinajstić information content (AvgIpc) is 3.58. The maximum atomic E-state index is 11.3. The number of fused-ring (bicyclic) bond motifs is 2. The van der Waals surface area contributed by atoms with Gasteiger partial charge in [0.05, 0.1) is 31.0 Å². The third-order valence-corrected chi connectivity index (χ3v) is 6.85. The van der Waals surface area contributed by atoms with Gasteiger partial charge in [0.25, 0.3) is 0 Å². The van der Waals surface area contributed by atoms with Crippen LogP contribution in [0.5, 0.6) is 11.5 Å². The normalized spacial score (nSPS) is 19.2. The van der Waals surface area contributed by atoms with Crippen molar-refractivity contribution in [1.29, 1.82) is 0 Å². The fraction of sp³-hybridized carbons (Fsp3) is 0.259. The lowest BCUT2D eigenvalue weighted by molar-refractivity contribution is 0.134. The zero-order valence-corrected chi connectivity index (χ0v) is 19.9. The predicted molar refractivity (Wildman–Crippen MR) is 135 cm³/mol. The van der Waals surface area contributed by atoms with Crippen LogP contribution < -0.4 is 14.8 Å². The molecule has 0 saturated heterocycles. The van der Waals surface area contributed by atoms with Crippen LogP contribution in [0.15, 0.2) is 59.7 Å². The Hall–Kier alpha value is -3.88. The maximum Gasteiger partial charge on any atom is 0.136 e. The van der Waals surface area contributed by atoms with E-state index >= 15 is 0 Å². The minimum Gasteiger partial charge on any atom is -0.497 e. The van der Waals surface area contributed by atoms with Crippen molar-refractivity contribution < 1.29 is 14.6 Å². The highest BCUT2D eigenvalue weighted by molar-refractivity contribution is 6.05. The molecule has 0 radical (unpaired) electrons. The monoisotopic (exact) mass is 469 g/mol. The van der Waals surface area contributed by atoms with Crippen LogP contribution >= 0.6 is 0 Å². The molecule has 3 heterocycles. The fourth-order valence-electron chi connectivity index (χ4n) is 4.97. The summed E-state index contributed by atoms with van der Waals surface area (Å²) in [7, 11) is 5.15. The van der Waals surface area contributed by atoms with Crippen LogP contribution in [0.25, 0.3) is 22.2 Å². The minimum absolute atomic E-state index is 0.382. The number of rotatable bonds is 5. The van der Waals surface area contributed by atoms with E-state index in [0.29, 0.717) is 11.5 Å². The largest absolute Gasteiger partial charge is 0.497 e. The molecule has 2 aliphatic rings. The van der Waals surface area contributed by atoms with Gasteiger partial charge < -0.3 is 24.9 Å². The summed E-state index contributed by atoms with van der Waals surface area (Å²) in [5.41, 5.74) is 7.96. The summed E-state index contributed by atoms with van der Waals surface area (Å²) in [6.07, 6.45) is -0.808. The van der Waals surface area contributed by atoms with Gasteiger partial charge in [0.1, 0.15) is 29.5 Å². The van der Waals surface area contributed by atoms with Crippen molar-refractivity contribution in [1.82, 2.24) is 20.3 Å². The average molecular weight is 470 g/mol. The van der Waals surface area contributed by atoms with E-state index in [0.717, 1.165) is 52.3 Å². The number of imidazole rings is 1. The number of aromatic amines is 1. The molecule has 0 aliphatic carbocycles. The van der Waals surface area contributed by atoms with Gasteiger partial charge in [0, 0.05) is 31.8 Å². The Morgan fingerprint density at radius 1 is 0.886 bits per heavy atom. The number of aromatic nitrogens is 2. The van der Waals surface area contributed by atoms with Crippen molar-refractivity contribution in [3.63, 3.8) is 0 Å². The molecule has 2 aliphatic heterocycles. The number of aliphatic hydroxyl groups is 1. The lowest BCUT2D eigenvalue weighted by atomic mass is 9.97. The van der Waals surface area contributed by atoms with Gasteiger partial charge in [-0.15, -0.1) is 0 Å². The van der Waals surface area contributed by atoms with Crippen molar-refractivity contribution in [2.45, 2.75) is 25.2 Å². The molecule has 3 N–H and O–H groups in total. The van der Waals surface area contributed by atoms with Gasteiger partial charge in [0.15, 0.2) is 0 Å². The zero-order valence-electron chi connectivity index (χ0n) is 19.9. The van der Waals surface area contributed by atoms with E-state index in [1.165, 1.54) is 11.1 Å². The molecule has 0 fully saturated rings. The Labute approximate surface area is 203 Å². The van der Waals surface area contributed by atoms with Gasteiger partial charge in [-0.1, -0.05) is 24.3 Å². The first kappa shape index (κ1) is 21.6. The summed E-state index contributed by atoms with van der Waals surface area (Å²) in [4.78, 5) is 8.22. The number of benzene rings is 3. The molecule has 0 saturated carbocycles. The standard InChI is InChI=1S/C27H27N5O3/c1-32-25(27-29-22-10-18-13-28-14-19(18)11-23(22)30-27)26(33)24(31-32)16-6-4-15(5-7-16)17-8-20(34-2)12-21(9-17)35-3/h4-12,25-26,28,33H,13-14H2,1-3H3,(H,29,30). The van der Waals surface area contributed by atoms with Crippen molar-refractivity contribution in [2.75, 3.05) is 21.3 Å². The molecule has 3 aromatic carbocycles. The van der Waals surface area contributed by atoms with Crippen LogP contribution in [0.3, 0.4) is 0 Å². The molecule has 8 heteroatoms. The molecule has 1 aromatic heterocycles. The highest BCUT2D eigenvalue weighted by Gasteiger charge is 2.38. The molecule has 2 atom stereocenters. The van der Waals surface area contributed by atoms with E-state index < -0.39 is 6.10 Å². The smallest absolute Gasteiger partial charge is 0.136 e. The Bertz CT molecular complexity index is 1380. The predicted octanol–water partition coefficient (Wildman–Crippen LogP) is 3.60. The molecule has 0 amide bonds. The van der Waals surface area contributed by atoms with Gasteiger partial charge >= 0.3 is 0 Å². The third-order valence-electron chi connectivity index (χ3n) is 6.85. The van der Waals surface area contributed by atoms with Crippen molar-refractivity contribution in [3.05, 3.63) is 77.1 Å². The summed E-state index contributed by atoms with van der Waals surface area (Å²) >= 11 is 0. The van der Waals surface area contributed by atoms with Crippen LogP contribution in [-0.4, -0.2) is 53.2 Å². The summed E-state index contributed by atoms with van der Waals surface area (Å²) in [6.45, 7) is 1.74. The third kappa shape index (κ3) is 3.71. The van der Waals surface area contributed by atoms with Crippen LogP contribution in [0, 0.1) is 0 Å². The number of aliphatic hydroxyl groups excluding tert-OH is 1. The molecule has 8 nitrogen and oxygen atoms in total. The molecule has 2 unspecified atom stereocenters. The zero-order chi connectivity index (χ0) is 24.1. The number of likely N-dealkylation sites (N-methyl/N-ethyl adjacent to an activating group) is 1. The van der Waals surface area contributed by atoms with E-state index in [1.807, 2.05) is 49.5 Å². The van der Waals surface area contributed by atoms with Crippen LogP contribution in [0.2, 0.25) is 0 Å². The number of hydrogen-bond acceptors (Lipinski definition) is 7.